The van der Waals surface area contributed by atoms with Crippen LogP contribution < -0.4 is 10.6 Å². The van der Waals surface area contributed by atoms with Crippen LogP contribution in [0.15, 0.2) is 61.2 Å². The zero-order valence-corrected chi connectivity index (χ0v) is 24.8. The van der Waals surface area contributed by atoms with Gasteiger partial charge in [-0.1, -0.05) is 37.3 Å². The molecule has 2 aliphatic rings. The number of aryl methyl sites for hydroxylation is 2. The molecule has 2 fully saturated rings. The van der Waals surface area contributed by atoms with Gasteiger partial charge in [0.05, 0.1) is 0 Å². The van der Waals surface area contributed by atoms with Crippen molar-refractivity contribution in [3.63, 3.8) is 0 Å². The number of likely N-dealkylation sites (N-methyl/N-ethyl adjacent to an activating group) is 1. The fraction of sp³-hybridized carbons (Fsp3) is 0.394. The van der Waals surface area contributed by atoms with Gasteiger partial charge < -0.3 is 15.5 Å². The summed E-state index contributed by atoms with van der Waals surface area (Å²) in [5.41, 5.74) is 6.18. The van der Waals surface area contributed by atoms with E-state index in [0.717, 1.165) is 67.7 Å². The minimum Gasteiger partial charge on any atom is -0.367 e. The molecule has 2 aromatic carbocycles. The molecule has 0 bridgehead atoms. The van der Waals surface area contributed by atoms with Crippen molar-refractivity contribution in [2.24, 2.45) is 0 Å². The number of carbonyl (C=O) groups is 1. The van der Waals surface area contributed by atoms with Gasteiger partial charge in [0.25, 0.3) is 0 Å². The molecule has 0 spiro atoms. The van der Waals surface area contributed by atoms with Crippen molar-refractivity contribution in [1.29, 1.82) is 0 Å². The van der Waals surface area contributed by atoms with E-state index in [4.69, 9.17) is 0 Å². The molecule has 9 heteroatoms. The molecule has 1 aliphatic carbocycles. The summed E-state index contributed by atoms with van der Waals surface area (Å²) in [5.74, 6) is 2.25. The number of nitrogens with zero attached hydrogens (tertiary/aromatic N) is 6. The second-order valence-corrected chi connectivity index (χ2v) is 11.5. The molecule has 4 aromatic rings. The van der Waals surface area contributed by atoms with Gasteiger partial charge in [-0.15, -0.1) is 0 Å². The van der Waals surface area contributed by atoms with Crippen molar-refractivity contribution in [2.75, 3.05) is 43.4 Å². The van der Waals surface area contributed by atoms with E-state index in [1.807, 2.05) is 42.0 Å². The number of ketones is 1. The second kappa shape index (κ2) is 12.4. The van der Waals surface area contributed by atoms with Crippen LogP contribution in [0, 0.1) is 13.8 Å². The number of aromatic nitrogens is 4. The van der Waals surface area contributed by atoms with E-state index in [1.54, 1.807) is 12.5 Å². The van der Waals surface area contributed by atoms with E-state index in [2.05, 4.69) is 67.4 Å². The van der Waals surface area contributed by atoms with Gasteiger partial charge in [0.15, 0.2) is 5.78 Å². The predicted octanol–water partition coefficient (Wildman–Crippen LogP) is 5.16. The number of Topliss-reactive ketones (excluding diaryl/α,β-unsaturated/α-hetero) is 1. The lowest BCUT2D eigenvalue weighted by molar-refractivity contribution is 0.0993. The van der Waals surface area contributed by atoms with E-state index in [9.17, 15) is 4.79 Å². The number of rotatable bonds is 11. The average Bonchev–Trinajstić information content (AvgIpc) is 3.69. The Morgan fingerprint density at radius 3 is 2.50 bits per heavy atom. The number of anilines is 3. The van der Waals surface area contributed by atoms with Gasteiger partial charge in [-0.3, -0.25) is 14.3 Å². The van der Waals surface area contributed by atoms with Crippen LogP contribution in [0.25, 0.3) is 5.82 Å². The highest BCUT2D eigenvalue weighted by atomic mass is 16.1. The standard InChI is InChI=1S/C33H40N8O/c1-4-39-13-15-40(16-14-39)21-27-8-6-25(17-24(27)3)18-30(42)26-7-5-23(2)29(19-26)38-33-34-11-12-41(33)32-20-31(35-22-36-32)37-28-9-10-28/h5-8,11-12,17,19-20,22,28H,4,9-10,13-16,18,21H2,1-3H3,(H,34,38)(H,35,36,37). The van der Waals surface area contributed by atoms with Crippen LogP contribution in [0.2, 0.25) is 0 Å². The number of piperazine rings is 1. The molecule has 6 rings (SSSR count). The van der Waals surface area contributed by atoms with Gasteiger partial charge in [0.2, 0.25) is 5.95 Å². The monoisotopic (exact) mass is 564 g/mol. The topological polar surface area (TPSA) is 91.2 Å². The lowest BCUT2D eigenvalue weighted by Crippen LogP contribution is -2.45. The zero-order valence-electron chi connectivity index (χ0n) is 24.8. The smallest absolute Gasteiger partial charge is 0.213 e. The number of benzene rings is 2. The normalized spacial score (nSPS) is 16.0. The highest BCUT2D eigenvalue weighted by Gasteiger charge is 2.22. The number of imidazole rings is 1. The molecular weight excluding hydrogens is 524 g/mol. The SMILES string of the molecule is CCN1CCN(Cc2ccc(CC(=O)c3ccc(C)c(Nc4nccn4-c4cc(NC5CC5)ncn4)c3)cc2C)CC1. The lowest BCUT2D eigenvalue weighted by Gasteiger charge is -2.34. The molecule has 9 nitrogen and oxygen atoms in total. The molecule has 1 aliphatic heterocycles. The molecule has 3 heterocycles. The third-order valence-electron chi connectivity index (χ3n) is 8.35. The third-order valence-corrected chi connectivity index (χ3v) is 8.35. The molecule has 0 atom stereocenters. The number of carbonyl (C=O) groups excluding carboxylic acids is 1. The number of hydrogen-bond donors (Lipinski definition) is 2. The Bertz CT molecular complexity index is 1550. The number of nitrogens with one attached hydrogen (secondary N) is 2. The van der Waals surface area contributed by atoms with Gasteiger partial charge >= 0.3 is 0 Å². The lowest BCUT2D eigenvalue weighted by atomic mass is 9.98. The highest BCUT2D eigenvalue weighted by Crippen LogP contribution is 2.26. The molecule has 1 saturated heterocycles. The molecule has 2 aromatic heterocycles. The Balaban J connectivity index is 1.12. The summed E-state index contributed by atoms with van der Waals surface area (Å²) in [6.45, 7) is 13.0. The van der Waals surface area contributed by atoms with Gasteiger partial charge in [-0.25, -0.2) is 15.0 Å². The quantitative estimate of drug-likeness (QED) is 0.242. The third kappa shape index (κ3) is 6.69. The minimum atomic E-state index is 0.0934. The molecule has 2 N–H and O–H groups in total. The van der Waals surface area contributed by atoms with Crippen LogP contribution in [0.1, 0.15) is 52.4 Å². The van der Waals surface area contributed by atoms with Crippen molar-refractivity contribution in [1.82, 2.24) is 29.3 Å². The largest absolute Gasteiger partial charge is 0.367 e. The molecule has 0 unspecified atom stereocenters. The van der Waals surface area contributed by atoms with E-state index < -0.39 is 0 Å². The number of hydrogen-bond acceptors (Lipinski definition) is 8. The second-order valence-electron chi connectivity index (χ2n) is 11.5. The summed E-state index contributed by atoms with van der Waals surface area (Å²) < 4.78 is 1.89. The summed E-state index contributed by atoms with van der Waals surface area (Å²) in [6, 6.07) is 14.7. The molecule has 0 radical (unpaired) electrons. The predicted molar refractivity (Wildman–Crippen MR) is 167 cm³/mol. The first-order valence-corrected chi connectivity index (χ1v) is 15.0. The molecule has 218 valence electrons. The summed E-state index contributed by atoms with van der Waals surface area (Å²) in [7, 11) is 0. The van der Waals surface area contributed by atoms with Gasteiger partial charge in [0, 0.05) is 74.9 Å². The first-order valence-electron chi connectivity index (χ1n) is 15.0. The van der Waals surface area contributed by atoms with Crippen molar-refractivity contribution in [3.05, 3.63) is 89.0 Å². The van der Waals surface area contributed by atoms with Crippen molar-refractivity contribution in [3.8, 4) is 5.82 Å². The average molecular weight is 565 g/mol. The van der Waals surface area contributed by atoms with Gasteiger partial charge in [-0.2, -0.15) is 0 Å². The molecule has 0 amide bonds. The highest BCUT2D eigenvalue weighted by molar-refractivity contribution is 5.98. The van der Waals surface area contributed by atoms with Crippen LogP contribution >= 0.6 is 0 Å². The summed E-state index contributed by atoms with van der Waals surface area (Å²) in [4.78, 5) is 31.7. The Kier molecular flexibility index (Phi) is 8.30. The van der Waals surface area contributed by atoms with Crippen molar-refractivity contribution >= 4 is 23.2 Å². The Morgan fingerprint density at radius 2 is 1.74 bits per heavy atom. The first-order chi connectivity index (χ1) is 20.4. The maximum absolute atomic E-state index is 13.4. The van der Waals surface area contributed by atoms with Crippen molar-refractivity contribution in [2.45, 2.75) is 52.6 Å². The van der Waals surface area contributed by atoms with Crippen LogP contribution in [-0.2, 0) is 13.0 Å². The van der Waals surface area contributed by atoms with Crippen molar-refractivity contribution < 1.29 is 4.79 Å². The molecule has 1 saturated carbocycles. The summed E-state index contributed by atoms with van der Waals surface area (Å²) in [6.07, 6.45) is 7.88. The van der Waals surface area contributed by atoms with Crippen LogP contribution in [0.3, 0.4) is 0 Å². The Morgan fingerprint density at radius 1 is 0.929 bits per heavy atom. The Labute approximate surface area is 248 Å². The van der Waals surface area contributed by atoms with Gasteiger partial charge in [0.1, 0.15) is 18.0 Å². The van der Waals surface area contributed by atoms with E-state index in [-0.39, 0.29) is 5.78 Å². The fourth-order valence-corrected chi connectivity index (χ4v) is 5.46. The molecule has 42 heavy (non-hydrogen) atoms. The zero-order chi connectivity index (χ0) is 29.1. The maximum Gasteiger partial charge on any atom is 0.213 e. The molecular formula is C33H40N8O. The van der Waals surface area contributed by atoms with Crippen LogP contribution in [0.4, 0.5) is 17.5 Å². The fourth-order valence-electron chi connectivity index (χ4n) is 5.46. The van der Waals surface area contributed by atoms with E-state index in [0.29, 0.717) is 24.0 Å². The minimum absolute atomic E-state index is 0.0934. The van der Waals surface area contributed by atoms with E-state index >= 15 is 0 Å². The van der Waals surface area contributed by atoms with Crippen LogP contribution in [-0.4, -0.2) is 73.9 Å². The van der Waals surface area contributed by atoms with Gasteiger partial charge in [-0.05, 0) is 61.6 Å². The maximum atomic E-state index is 13.4. The van der Waals surface area contributed by atoms with Crippen LogP contribution in [0.5, 0.6) is 0 Å². The summed E-state index contributed by atoms with van der Waals surface area (Å²) >= 11 is 0. The van der Waals surface area contributed by atoms with E-state index in [1.165, 1.54) is 24.0 Å². The first kappa shape index (κ1) is 28.1. The summed E-state index contributed by atoms with van der Waals surface area (Å²) in [5, 5.41) is 6.84. The Hall–Kier alpha value is -4.08.